The van der Waals surface area contributed by atoms with Crippen molar-refractivity contribution >= 4 is 46.9 Å². The van der Waals surface area contributed by atoms with Crippen LogP contribution in [0.5, 0.6) is 11.5 Å². The van der Waals surface area contributed by atoms with Gasteiger partial charge in [-0.05, 0) is 33.3 Å². The first kappa shape index (κ1) is 19.9. The van der Waals surface area contributed by atoms with E-state index < -0.39 is 16.1 Å². The van der Waals surface area contributed by atoms with Crippen LogP contribution in [0.2, 0.25) is 26.2 Å². The standard InChI is InChI=1S/C22H28O2SSi2/c1-23-17-7-11-19(12-8-17)26(3,4)21-15-16-22(25-21)27(5,6)20-13-9-18(24-2)10-14-20/h7-16H,1-6H3. The molecule has 3 rings (SSSR count). The molecule has 0 N–H and O–H groups in total. The Morgan fingerprint density at radius 3 is 1.19 bits per heavy atom. The lowest BCUT2D eigenvalue weighted by atomic mass is 10.3. The molecule has 0 amide bonds. The number of methoxy groups -OCH3 is 2. The third-order valence-electron chi connectivity index (χ3n) is 5.46. The van der Waals surface area contributed by atoms with E-state index in [1.165, 1.54) is 19.4 Å². The van der Waals surface area contributed by atoms with Crippen LogP contribution in [0.4, 0.5) is 0 Å². The maximum Gasteiger partial charge on any atom is 0.124 e. The fourth-order valence-electron chi connectivity index (χ4n) is 3.31. The second kappa shape index (κ2) is 7.66. The molecule has 5 heteroatoms. The zero-order chi connectivity index (χ0) is 19.7. The van der Waals surface area contributed by atoms with E-state index in [1.54, 1.807) is 14.2 Å². The van der Waals surface area contributed by atoms with Crippen molar-refractivity contribution in [2.75, 3.05) is 14.2 Å². The Morgan fingerprint density at radius 1 is 0.556 bits per heavy atom. The summed E-state index contributed by atoms with van der Waals surface area (Å²) in [5.41, 5.74) is 0. The van der Waals surface area contributed by atoms with Crippen LogP contribution in [0.3, 0.4) is 0 Å². The second-order valence-electron chi connectivity index (χ2n) is 7.87. The van der Waals surface area contributed by atoms with Crippen molar-refractivity contribution in [1.82, 2.24) is 0 Å². The summed E-state index contributed by atoms with van der Waals surface area (Å²) in [4.78, 5) is 0. The number of hydrogen-bond donors (Lipinski definition) is 0. The number of hydrogen-bond acceptors (Lipinski definition) is 3. The molecule has 0 aliphatic heterocycles. The Labute approximate surface area is 168 Å². The van der Waals surface area contributed by atoms with E-state index in [1.807, 2.05) is 11.3 Å². The summed E-state index contributed by atoms with van der Waals surface area (Å²) >= 11 is 2.02. The van der Waals surface area contributed by atoms with Crippen LogP contribution >= 0.6 is 11.3 Å². The Morgan fingerprint density at radius 2 is 0.889 bits per heavy atom. The average Bonchev–Trinajstić information content (AvgIpc) is 3.20. The van der Waals surface area contributed by atoms with Crippen molar-refractivity contribution in [2.24, 2.45) is 0 Å². The van der Waals surface area contributed by atoms with E-state index in [-0.39, 0.29) is 0 Å². The summed E-state index contributed by atoms with van der Waals surface area (Å²) in [7, 11) is 0.0352. The first-order valence-electron chi connectivity index (χ1n) is 9.19. The molecule has 0 saturated carbocycles. The third kappa shape index (κ3) is 3.90. The largest absolute Gasteiger partial charge is 0.497 e. The van der Waals surface area contributed by atoms with Gasteiger partial charge in [-0.25, -0.2) is 0 Å². The minimum absolute atomic E-state index is 0.920. The Bertz CT molecular complexity index is 823. The molecule has 0 atom stereocenters. The van der Waals surface area contributed by atoms with E-state index >= 15 is 0 Å². The number of rotatable bonds is 6. The highest BCUT2D eigenvalue weighted by Gasteiger charge is 2.32. The maximum atomic E-state index is 5.32. The summed E-state index contributed by atoms with van der Waals surface area (Å²) in [5, 5.41) is 2.89. The molecule has 0 aliphatic carbocycles. The fraction of sp³-hybridized carbons (Fsp3) is 0.273. The van der Waals surface area contributed by atoms with Crippen molar-refractivity contribution in [2.45, 2.75) is 26.2 Å². The molecule has 1 heterocycles. The predicted molar refractivity (Wildman–Crippen MR) is 124 cm³/mol. The molecule has 27 heavy (non-hydrogen) atoms. The molecule has 0 saturated heterocycles. The maximum absolute atomic E-state index is 5.32. The first-order chi connectivity index (χ1) is 12.8. The topological polar surface area (TPSA) is 18.5 Å². The third-order valence-corrected chi connectivity index (χ3v) is 16.2. The van der Waals surface area contributed by atoms with Crippen LogP contribution in [-0.2, 0) is 0 Å². The smallest absolute Gasteiger partial charge is 0.124 e. The SMILES string of the molecule is COc1ccc([Si](C)(C)c2ccc([Si](C)(C)c3ccc(OC)cc3)s2)cc1. The molecule has 2 nitrogen and oxygen atoms in total. The van der Waals surface area contributed by atoms with E-state index in [2.05, 4.69) is 86.9 Å². The molecular weight excluding hydrogens is 384 g/mol. The fourth-order valence-corrected chi connectivity index (χ4v) is 11.1. The van der Waals surface area contributed by atoms with Gasteiger partial charge in [-0.1, -0.05) is 73.0 Å². The molecule has 0 unspecified atom stereocenters. The first-order valence-corrected chi connectivity index (χ1v) is 16.0. The highest BCUT2D eigenvalue weighted by molar-refractivity contribution is 7.38. The lowest BCUT2D eigenvalue weighted by Gasteiger charge is -2.24. The van der Waals surface area contributed by atoms with Gasteiger partial charge in [0, 0.05) is 0 Å². The lowest BCUT2D eigenvalue weighted by molar-refractivity contribution is 0.415. The Hall–Kier alpha value is -1.83. The summed E-state index contributed by atoms with van der Waals surface area (Å²) in [6.07, 6.45) is 0. The molecule has 142 valence electrons. The summed E-state index contributed by atoms with van der Waals surface area (Å²) in [6.45, 7) is 9.75. The summed E-state index contributed by atoms with van der Waals surface area (Å²) < 4.78 is 13.7. The highest BCUT2D eigenvalue weighted by atomic mass is 32.1. The van der Waals surface area contributed by atoms with E-state index in [4.69, 9.17) is 9.47 Å². The molecule has 0 bridgehead atoms. The van der Waals surface area contributed by atoms with Crippen LogP contribution < -0.4 is 28.8 Å². The van der Waals surface area contributed by atoms with Gasteiger partial charge in [0.2, 0.25) is 0 Å². The zero-order valence-electron chi connectivity index (χ0n) is 17.0. The van der Waals surface area contributed by atoms with Gasteiger partial charge < -0.3 is 9.47 Å². The predicted octanol–water partition coefficient (Wildman–Crippen LogP) is 3.41. The Kier molecular flexibility index (Phi) is 5.65. The van der Waals surface area contributed by atoms with Gasteiger partial charge in [-0.15, -0.1) is 0 Å². The second-order valence-corrected chi connectivity index (χ2v) is 18.4. The van der Waals surface area contributed by atoms with Crippen LogP contribution in [0.25, 0.3) is 0 Å². The van der Waals surface area contributed by atoms with Gasteiger partial charge in [0.25, 0.3) is 0 Å². The van der Waals surface area contributed by atoms with Crippen molar-refractivity contribution in [3.05, 3.63) is 60.7 Å². The van der Waals surface area contributed by atoms with E-state index in [0.29, 0.717) is 0 Å². The summed E-state index contributed by atoms with van der Waals surface area (Å²) in [5.74, 6) is 1.84. The lowest BCUT2D eigenvalue weighted by Crippen LogP contribution is -2.53. The molecule has 0 fully saturated rings. The van der Waals surface area contributed by atoms with Crippen molar-refractivity contribution in [3.8, 4) is 11.5 Å². The molecule has 3 aromatic rings. The molecule has 2 aromatic carbocycles. The van der Waals surface area contributed by atoms with Gasteiger partial charge in [0.15, 0.2) is 0 Å². The minimum Gasteiger partial charge on any atom is -0.497 e. The van der Waals surface area contributed by atoms with Gasteiger partial charge >= 0.3 is 0 Å². The van der Waals surface area contributed by atoms with E-state index in [9.17, 15) is 0 Å². The monoisotopic (exact) mass is 412 g/mol. The minimum atomic E-state index is -1.70. The van der Waals surface area contributed by atoms with Crippen molar-refractivity contribution in [1.29, 1.82) is 0 Å². The molecule has 0 aliphatic rings. The number of ether oxygens (including phenoxy) is 2. The van der Waals surface area contributed by atoms with Crippen molar-refractivity contribution in [3.63, 3.8) is 0 Å². The number of benzene rings is 2. The van der Waals surface area contributed by atoms with Crippen molar-refractivity contribution < 1.29 is 9.47 Å². The average molecular weight is 413 g/mol. The van der Waals surface area contributed by atoms with Crippen LogP contribution in [-0.4, -0.2) is 30.4 Å². The quantitative estimate of drug-likeness (QED) is 0.578. The summed E-state index contributed by atoms with van der Waals surface area (Å²) in [6, 6.07) is 22.0. The number of thiophene rings is 1. The zero-order valence-corrected chi connectivity index (χ0v) is 19.8. The molecule has 1 aromatic heterocycles. The van der Waals surface area contributed by atoms with Crippen LogP contribution in [0.15, 0.2) is 60.7 Å². The highest BCUT2D eigenvalue weighted by Crippen LogP contribution is 2.16. The van der Waals surface area contributed by atoms with Gasteiger partial charge in [0.1, 0.15) is 27.6 Å². The van der Waals surface area contributed by atoms with Gasteiger partial charge in [-0.2, -0.15) is 11.3 Å². The van der Waals surface area contributed by atoms with Crippen LogP contribution in [0, 0.1) is 0 Å². The van der Waals surface area contributed by atoms with E-state index in [0.717, 1.165) is 11.5 Å². The normalized spacial score (nSPS) is 12.1. The van der Waals surface area contributed by atoms with Gasteiger partial charge in [0.05, 0.1) is 14.2 Å². The molecular formula is C22H28O2SSi2. The molecule has 0 radical (unpaired) electrons. The van der Waals surface area contributed by atoms with Crippen LogP contribution in [0.1, 0.15) is 0 Å². The van der Waals surface area contributed by atoms with Gasteiger partial charge in [-0.3, -0.25) is 0 Å². The Balaban J connectivity index is 1.91. The molecule has 0 spiro atoms.